The van der Waals surface area contributed by atoms with Gasteiger partial charge in [-0.1, -0.05) is 148 Å². The minimum absolute atomic E-state index is 0.0900. The first-order valence-electron chi connectivity index (χ1n) is 20.4. The van der Waals surface area contributed by atoms with Crippen molar-refractivity contribution in [1.82, 2.24) is 0 Å². The fourth-order valence-electron chi connectivity index (χ4n) is 5.61. The Kier molecular flexibility index (Phi) is 33.8. The maximum atomic E-state index is 12.6. The van der Waals surface area contributed by atoms with Gasteiger partial charge in [0, 0.05) is 13.0 Å². The molecule has 0 saturated heterocycles. The largest absolute Gasteiger partial charge is 0.472 e. The van der Waals surface area contributed by atoms with Crippen LogP contribution in [-0.2, 0) is 27.9 Å². The zero-order chi connectivity index (χ0) is 36.3. The molecule has 0 bridgehead atoms. The summed E-state index contributed by atoms with van der Waals surface area (Å²) in [5, 5.41) is 0. The summed E-state index contributed by atoms with van der Waals surface area (Å²) in [5.41, 5.74) is 0. The maximum absolute atomic E-state index is 12.6. The molecule has 0 fully saturated rings. The lowest BCUT2D eigenvalue weighted by molar-refractivity contribution is -0.870. The van der Waals surface area contributed by atoms with E-state index in [1.54, 1.807) is 0 Å². The molecule has 0 spiro atoms. The fraction of sp³-hybridized carbons (Fsp3) is 0.925. The molecule has 292 valence electrons. The van der Waals surface area contributed by atoms with Gasteiger partial charge in [-0.25, -0.2) is 4.57 Å². The lowest BCUT2D eigenvalue weighted by Crippen LogP contribution is -2.37. The molecule has 9 heteroatoms. The number of hydrogen-bond donors (Lipinski definition) is 1. The summed E-state index contributed by atoms with van der Waals surface area (Å²) in [5.74, 6) is -0.320. The second-order valence-electron chi connectivity index (χ2n) is 15.0. The van der Waals surface area contributed by atoms with Crippen LogP contribution in [0.4, 0.5) is 0 Å². The van der Waals surface area contributed by atoms with Crippen molar-refractivity contribution in [3.8, 4) is 0 Å². The monoisotopic (exact) mass is 719 g/mol. The van der Waals surface area contributed by atoms with Gasteiger partial charge in [-0.05, 0) is 38.5 Å². The van der Waals surface area contributed by atoms with Crippen LogP contribution in [-0.4, -0.2) is 75.6 Å². The Bertz CT molecular complexity index is 802. The highest BCUT2D eigenvalue weighted by Gasteiger charge is 2.26. The standard InChI is InChI=1S/C40H80NO7P/c1-6-8-10-12-14-16-18-20-21-22-23-25-27-29-31-33-40(42)48-39(38-47-49(43,44)46-36-34-41(3,4)5)37-45-35-32-30-28-26-24-19-17-15-13-11-9-7-2/h20-21,39H,6-19,22-38H2,1-5H3/p+1/b21-20-. The van der Waals surface area contributed by atoms with E-state index in [-0.39, 0.29) is 25.8 Å². The summed E-state index contributed by atoms with van der Waals surface area (Å²) >= 11 is 0. The first kappa shape index (κ1) is 48.2. The molecule has 0 aliphatic rings. The fourth-order valence-corrected chi connectivity index (χ4v) is 6.35. The molecular formula is C40H81NO7P+. The van der Waals surface area contributed by atoms with Crippen molar-refractivity contribution in [2.75, 3.05) is 54.1 Å². The lowest BCUT2D eigenvalue weighted by atomic mass is 10.1. The van der Waals surface area contributed by atoms with Crippen LogP contribution in [0.2, 0.25) is 0 Å². The Hall–Kier alpha value is -0.760. The maximum Gasteiger partial charge on any atom is 0.472 e. The van der Waals surface area contributed by atoms with Gasteiger partial charge < -0.3 is 18.9 Å². The molecule has 0 heterocycles. The number of ether oxygens (including phenoxy) is 2. The molecule has 49 heavy (non-hydrogen) atoms. The Morgan fingerprint density at radius 3 is 1.55 bits per heavy atom. The van der Waals surface area contributed by atoms with E-state index in [0.29, 0.717) is 24.1 Å². The first-order valence-corrected chi connectivity index (χ1v) is 21.9. The van der Waals surface area contributed by atoms with Gasteiger partial charge in [-0.3, -0.25) is 13.8 Å². The molecule has 8 nitrogen and oxygen atoms in total. The van der Waals surface area contributed by atoms with E-state index in [0.717, 1.165) is 38.5 Å². The van der Waals surface area contributed by atoms with Crippen molar-refractivity contribution in [2.45, 2.75) is 187 Å². The predicted molar refractivity (Wildman–Crippen MR) is 206 cm³/mol. The van der Waals surface area contributed by atoms with Gasteiger partial charge in [0.2, 0.25) is 0 Å². The highest BCUT2D eigenvalue weighted by Crippen LogP contribution is 2.43. The smallest absolute Gasteiger partial charge is 0.457 e. The molecule has 0 aliphatic heterocycles. The molecule has 0 aliphatic carbocycles. The van der Waals surface area contributed by atoms with Crippen LogP contribution in [0.1, 0.15) is 181 Å². The Morgan fingerprint density at radius 1 is 0.612 bits per heavy atom. The lowest BCUT2D eigenvalue weighted by Gasteiger charge is -2.24. The molecule has 0 amide bonds. The van der Waals surface area contributed by atoms with E-state index in [1.165, 1.54) is 122 Å². The van der Waals surface area contributed by atoms with Crippen molar-refractivity contribution in [2.24, 2.45) is 0 Å². The van der Waals surface area contributed by atoms with E-state index in [4.69, 9.17) is 18.5 Å². The van der Waals surface area contributed by atoms with Crippen LogP contribution < -0.4 is 0 Å². The van der Waals surface area contributed by atoms with E-state index in [2.05, 4.69) is 26.0 Å². The summed E-state index contributed by atoms with van der Waals surface area (Å²) in [7, 11) is 1.67. The topological polar surface area (TPSA) is 91.3 Å². The number of rotatable bonds is 38. The average molecular weight is 719 g/mol. The molecule has 2 atom stereocenters. The number of allylic oxidation sites excluding steroid dienone is 2. The number of phosphoric ester groups is 1. The molecule has 1 N–H and O–H groups in total. The number of unbranched alkanes of at least 4 members (excludes halogenated alkanes) is 22. The molecule has 0 aromatic carbocycles. The average Bonchev–Trinajstić information content (AvgIpc) is 3.04. The van der Waals surface area contributed by atoms with E-state index >= 15 is 0 Å². The molecule has 0 aromatic rings. The van der Waals surface area contributed by atoms with Crippen LogP contribution in [0.5, 0.6) is 0 Å². The van der Waals surface area contributed by atoms with Crippen molar-refractivity contribution in [3.05, 3.63) is 12.2 Å². The van der Waals surface area contributed by atoms with Crippen LogP contribution >= 0.6 is 7.82 Å². The summed E-state index contributed by atoms with van der Waals surface area (Å²) in [4.78, 5) is 22.8. The van der Waals surface area contributed by atoms with Crippen molar-refractivity contribution in [1.29, 1.82) is 0 Å². The Balaban J connectivity index is 4.27. The third kappa shape index (κ3) is 38.3. The predicted octanol–water partition coefficient (Wildman–Crippen LogP) is 11.5. The third-order valence-electron chi connectivity index (χ3n) is 8.83. The molecule has 2 unspecified atom stereocenters. The molecule has 0 rings (SSSR count). The van der Waals surface area contributed by atoms with Gasteiger partial charge in [0.15, 0.2) is 0 Å². The highest BCUT2D eigenvalue weighted by molar-refractivity contribution is 7.47. The van der Waals surface area contributed by atoms with Crippen LogP contribution in [0.15, 0.2) is 12.2 Å². The van der Waals surface area contributed by atoms with Gasteiger partial charge in [0.1, 0.15) is 19.3 Å². The van der Waals surface area contributed by atoms with Crippen LogP contribution in [0.3, 0.4) is 0 Å². The summed E-state index contributed by atoms with van der Waals surface area (Å²) in [6.45, 7) is 5.63. The number of hydrogen-bond acceptors (Lipinski definition) is 6. The van der Waals surface area contributed by atoms with Crippen LogP contribution in [0.25, 0.3) is 0 Å². The van der Waals surface area contributed by atoms with Gasteiger partial charge in [-0.2, -0.15) is 0 Å². The van der Waals surface area contributed by atoms with Gasteiger partial charge in [0.25, 0.3) is 0 Å². The third-order valence-corrected chi connectivity index (χ3v) is 9.81. The number of phosphoric acid groups is 1. The van der Waals surface area contributed by atoms with Crippen LogP contribution in [0, 0.1) is 0 Å². The van der Waals surface area contributed by atoms with Crippen molar-refractivity contribution in [3.63, 3.8) is 0 Å². The van der Waals surface area contributed by atoms with E-state index in [1.807, 2.05) is 21.1 Å². The van der Waals surface area contributed by atoms with Gasteiger partial charge >= 0.3 is 13.8 Å². The number of carbonyl (C=O) groups excluding carboxylic acids is 1. The van der Waals surface area contributed by atoms with Gasteiger partial charge in [-0.15, -0.1) is 0 Å². The summed E-state index contributed by atoms with van der Waals surface area (Å²) in [6.07, 6.45) is 35.2. The first-order chi connectivity index (χ1) is 23.6. The Morgan fingerprint density at radius 2 is 1.06 bits per heavy atom. The quantitative estimate of drug-likeness (QED) is 0.0223. The minimum atomic E-state index is -4.26. The SMILES string of the molecule is CCCCCCCC/C=C\CCCCCCCC(=O)OC(COCCCCCCCCCCCCCC)COP(=O)(O)OCC[N+](C)(C)C. The number of quaternary nitrogens is 1. The molecule has 0 radical (unpaired) electrons. The number of nitrogens with zero attached hydrogens (tertiary/aromatic N) is 1. The zero-order valence-corrected chi connectivity index (χ0v) is 33.8. The van der Waals surface area contributed by atoms with Crippen molar-refractivity contribution >= 4 is 13.8 Å². The van der Waals surface area contributed by atoms with E-state index < -0.39 is 13.9 Å². The number of esters is 1. The summed E-state index contributed by atoms with van der Waals surface area (Å²) < 4.78 is 34.9. The van der Waals surface area contributed by atoms with E-state index in [9.17, 15) is 14.3 Å². The van der Waals surface area contributed by atoms with Crippen molar-refractivity contribution < 1.29 is 37.3 Å². The molecule has 0 aromatic heterocycles. The number of likely N-dealkylation sites (N-methyl/N-ethyl adjacent to an activating group) is 1. The minimum Gasteiger partial charge on any atom is -0.457 e. The molecular weight excluding hydrogens is 637 g/mol. The zero-order valence-electron chi connectivity index (χ0n) is 32.9. The van der Waals surface area contributed by atoms with Gasteiger partial charge in [0.05, 0.1) is 34.4 Å². The number of carbonyl (C=O) groups is 1. The second-order valence-corrected chi connectivity index (χ2v) is 16.5. The Labute approximate surface area is 303 Å². The highest BCUT2D eigenvalue weighted by atomic mass is 31.2. The summed E-state index contributed by atoms with van der Waals surface area (Å²) in [6, 6.07) is 0. The molecule has 0 saturated carbocycles. The second kappa shape index (κ2) is 34.3. The normalized spacial score (nSPS) is 14.0.